The van der Waals surface area contributed by atoms with Gasteiger partial charge in [0.05, 0.1) is 58.0 Å². The number of aliphatic hydroxyl groups is 3. The van der Waals surface area contributed by atoms with Crippen molar-refractivity contribution in [1.82, 2.24) is 20.3 Å². The Bertz CT molecular complexity index is 1040. The number of carbonyl (C=O) groups is 4. The molecule has 0 aliphatic carbocycles. The van der Waals surface area contributed by atoms with Gasteiger partial charge >= 0.3 is 0 Å². The number of nitrogens with one attached hydrogen (secondary N) is 1. The molecule has 1 amide bonds. The fraction of sp³-hybridized carbons (Fsp3) is 0.786. The highest BCUT2D eigenvalue weighted by molar-refractivity contribution is 5.91. The van der Waals surface area contributed by atoms with E-state index in [0.717, 1.165) is 0 Å². The van der Waals surface area contributed by atoms with Crippen molar-refractivity contribution in [3.05, 3.63) is 11.9 Å². The fourth-order valence-corrected chi connectivity index (χ4v) is 4.42. The number of hydrogen-bond donors (Lipinski definition) is 4. The van der Waals surface area contributed by atoms with Crippen molar-refractivity contribution in [1.29, 1.82) is 0 Å². The van der Waals surface area contributed by atoms with Gasteiger partial charge in [0.2, 0.25) is 0 Å². The van der Waals surface area contributed by atoms with E-state index in [1.165, 1.54) is 10.9 Å². The zero-order chi connectivity index (χ0) is 32.5. The van der Waals surface area contributed by atoms with Crippen LogP contribution in [0, 0.1) is 0 Å². The Balaban J connectivity index is 1.82. The number of ether oxygens (including phenoxy) is 4. The van der Waals surface area contributed by atoms with Crippen LogP contribution in [0.4, 0.5) is 4.39 Å². The first-order valence-corrected chi connectivity index (χ1v) is 14.8. The second kappa shape index (κ2) is 20.3. The van der Waals surface area contributed by atoms with E-state index in [4.69, 9.17) is 18.9 Å². The summed E-state index contributed by atoms with van der Waals surface area (Å²) in [7, 11) is 0. The Hall–Kier alpha value is -2.73. The third-order valence-electron chi connectivity index (χ3n) is 6.98. The van der Waals surface area contributed by atoms with E-state index in [2.05, 4.69) is 15.6 Å². The number of carbonyl (C=O) groups excluding carboxylic acids is 4. The summed E-state index contributed by atoms with van der Waals surface area (Å²) in [5.41, 5.74) is 0.486. The van der Waals surface area contributed by atoms with E-state index in [1.807, 2.05) is 0 Å². The molecule has 1 fully saturated rings. The molecule has 44 heavy (non-hydrogen) atoms. The predicted octanol–water partition coefficient (Wildman–Crippen LogP) is -0.780. The molecule has 1 aromatic rings. The number of nitrogens with zero attached hydrogens (tertiary/aromatic N) is 3. The van der Waals surface area contributed by atoms with E-state index < -0.39 is 49.1 Å². The van der Waals surface area contributed by atoms with Crippen molar-refractivity contribution >= 4 is 23.3 Å². The lowest BCUT2D eigenvalue weighted by molar-refractivity contribution is -0.222. The third kappa shape index (κ3) is 12.7. The van der Waals surface area contributed by atoms with Gasteiger partial charge in [-0.1, -0.05) is 19.1 Å². The zero-order valence-corrected chi connectivity index (χ0v) is 25.3. The Morgan fingerprint density at radius 1 is 0.955 bits per heavy atom. The molecule has 1 saturated heterocycles. The van der Waals surface area contributed by atoms with Crippen LogP contribution >= 0.6 is 0 Å². The molecule has 1 aromatic heterocycles. The van der Waals surface area contributed by atoms with Gasteiger partial charge in [-0.3, -0.25) is 19.2 Å². The maximum atomic E-state index is 13.0. The second-order valence-corrected chi connectivity index (χ2v) is 10.3. The number of alkyl halides is 1. The van der Waals surface area contributed by atoms with E-state index in [9.17, 15) is 38.9 Å². The van der Waals surface area contributed by atoms with E-state index in [0.29, 0.717) is 31.9 Å². The van der Waals surface area contributed by atoms with Crippen LogP contribution in [0.2, 0.25) is 0 Å². The van der Waals surface area contributed by atoms with Gasteiger partial charge in [0, 0.05) is 25.7 Å². The van der Waals surface area contributed by atoms with Crippen LogP contribution in [0.3, 0.4) is 0 Å². The molecule has 0 aromatic carbocycles. The Labute approximate surface area is 255 Å². The molecule has 0 spiro atoms. The molecule has 0 saturated carbocycles. The number of Topliss-reactive ketones (excluding diaryl/α,β-unsaturated/α-hetero) is 3. The minimum Gasteiger partial charge on any atom is -0.388 e. The van der Waals surface area contributed by atoms with Crippen LogP contribution in [0.25, 0.3) is 0 Å². The molecule has 250 valence electrons. The van der Waals surface area contributed by atoms with Crippen molar-refractivity contribution < 1.29 is 57.8 Å². The van der Waals surface area contributed by atoms with Crippen molar-refractivity contribution in [3.8, 4) is 0 Å². The molecular formula is C28H45FN4O11. The van der Waals surface area contributed by atoms with Crippen LogP contribution in [-0.4, -0.2) is 130 Å². The molecular weight excluding hydrogens is 586 g/mol. The number of rotatable bonds is 23. The fourth-order valence-electron chi connectivity index (χ4n) is 4.42. The maximum absolute atomic E-state index is 13.0. The number of ketones is 3. The molecule has 0 bridgehead atoms. The molecule has 2 unspecified atom stereocenters. The summed E-state index contributed by atoms with van der Waals surface area (Å²) in [5, 5.41) is 41.6. The van der Waals surface area contributed by atoms with Gasteiger partial charge < -0.3 is 39.6 Å². The Morgan fingerprint density at radius 2 is 1.64 bits per heavy atom. The second-order valence-electron chi connectivity index (χ2n) is 10.3. The summed E-state index contributed by atoms with van der Waals surface area (Å²) < 4.78 is 34.5. The number of amides is 1. The number of aliphatic hydroxyl groups excluding tert-OH is 3. The van der Waals surface area contributed by atoms with Crippen LogP contribution in [-0.2, 0) is 51.3 Å². The molecule has 6 atom stereocenters. The molecule has 0 radical (unpaired) electrons. The van der Waals surface area contributed by atoms with Crippen LogP contribution in [0.1, 0.15) is 58.1 Å². The number of hydrogen-bond acceptors (Lipinski definition) is 13. The van der Waals surface area contributed by atoms with Crippen LogP contribution in [0.5, 0.6) is 0 Å². The molecule has 1 aliphatic heterocycles. The van der Waals surface area contributed by atoms with Crippen molar-refractivity contribution in [2.75, 3.05) is 39.7 Å². The topological polar surface area (TPSA) is 209 Å². The van der Waals surface area contributed by atoms with Gasteiger partial charge in [0.25, 0.3) is 5.91 Å². The lowest BCUT2D eigenvalue weighted by Crippen LogP contribution is -2.62. The summed E-state index contributed by atoms with van der Waals surface area (Å²) in [6.45, 7) is 4.02. The summed E-state index contributed by atoms with van der Waals surface area (Å²) in [6.07, 6.45) is -5.92. The molecule has 16 heteroatoms. The smallest absolute Gasteiger partial charge is 0.252 e. The summed E-state index contributed by atoms with van der Waals surface area (Å²) >= 11 is 0. The monoisotopic (exact) mass is 631 g/mol. The van der Waals surface area contributed by atoms with Crippen molar-refractivity contribution in [2.24, 2.45) is 0 Å². The molecule has 2 heterocycles. The quantitative estimate of drug-likeness (QED) is 0.109. The Kier molecular flexibility index (Phi) is 17.3. The first-order chi connectivity index (χ1) is 21.1. The van der Waals surface area contributed by atoms with E-state index >= 15 is 0 Å². The largest absolute Gasteiger partial charge is 0.388 e. The lowest BCUT2D eigenvalue weighted by Gasteiger charge is -2.40. The molecule has 15 nitrogen and oxygen atoms in total. The van der Waals surface area contributed by atoms with Crippen LogP contribution < -0.4 is 5.32 Å². The first-order valence-electron chi connectivity index (χ1n) is 14.8. The van der Waals surface area contributed by atoms with Crippen molar-refractivity contribution in [2.45, 2.75) is 102 Å². The minimum absolute atomic E-state index is 0.0369. The molecule has 4 N–H and O–H groups in total. The highest BCUT2D eigenvalue weighted by Gasteiger charge is 2.47. The SMILES string of the molecule is CCC(=O)CC[C@H](NC(=O)C1O[C@H](CCC(=O)Cn2cc(COCCOCCOCC[18F])nn2)[C@H](O)C(O)[C@@H]1O)C(=O)CC. The normalized spacial score (nSPS) is 22.5. The minimum atomic E-state index is -1.78. The third-order valence-corrected chi connectivity index (χ3v) is 6.98. The maximum Gasteiger partial charge on any atom is 0.252 e. The summed E-state index contributed by atoms with van der Waals surface area (Å²) in [4.78, 5) is 49.7. The van der Waals surface area contributed by atoms with Crippen LogP contribution in [0.15, 0.2) is 6.20 Å². The van der Waals surface area contributed by atoms with Crippen molar-refractivity contribution in [3.63, 3.8) is 0 Å². The number of aromatic nitrogens is 3. The molecule has 2 rings (SSSR count). The van der Waals surface area contributed by atoms with E-state index in [-0.39, 0.29) is 75.8 Å². The van der Waals surface area contributed by atoms with E-state index in [1.54, 1.807) is 13.8 Å². The van der Waals surface area contributed by atoms with Gasteiger partial charge in [-0.15, -0.1) is 5.10 Å². The highest BCUT2D eigenvalue weighted by Crippen LogP contribution is 2.25. The summed E-state index contributed by atoms with van der Waals surface area (Å²) in [6, 6.07) is -0.978. The Morgan fingerprint density at radius 3 is 2.30 bits per heavy atom. The highest BCUT2D eigenvalue weighted by atomic mass is 18.2. The standard InChI is InChI=1S/C28H45FN4O11/c1-3-19(34)5-7-21(22(36)4-2)30-28(40)27-26(39)25(38)24(37)23(44-27)8-6-20(35)16-33-15-18(31-32-33)17-43-14-13-42-12-11-41-10-9-29/h15,21,23-27,37-39H,3-14,16-17H2,1-2H3,(H,30,40)/t21-,23+,24-,25?,26-,27?/m0/s1/i29-1. The summed E-state index contributed by atoms with van der Waals surface area (Å²) in [5.74, 6) is -1.54. The first kappa shape index (κ1) is 37.5. The zero-order valence-electron chi connectivity index (χ0n) is 25.3. The average Bonchev–Trinajstić information content (AvgIpc) is 3.46. The van der Waals surface area contributed by atoms with Gasteiger partial charge in [-0.2, -0.15) is 0 Å². The van der Waals surface area contributed by atoms with Gasteiger partial charge in [0.1, 0.15) is 43.0 Å². The van der Waals surface area contributed by atoms with Gasteiger partial charge in [-0.05, 0) is 12.8 Å². The predicted molar refractivity (Wildman–Crippen MR) is 150 cm³/mol. The van der Waals surface area contributed by atoms with Gasteiger partial charge in [0.15, 0.2) is 17.7 Å². The average molecular weight is 632 g/mol. The molecule has 1 aliphatic rings. The lowest BCUT2D eigenvalue weighted by atomic mass is 9.91. The number of halogens is 1. The van der Waals surface area contributed by atoms with Gasteiger partial charge in [-0.25, -0.2) is 9.07 Å².